The zero-order chi connectivity index (χ0) is 17.1. The van der Waals surface area contributed by atoms with Gasteiger partial charge in [-0.25, -0.2) is 4.79 Å². The van der Waals surface area contributed by atoms with Crippen molar-refractivity contribution in [2.24, 2.45) is 7.05 Å². The molecular formula is C17H23N5O2. The molecule has 0 unspecified atom stereocenters. The van der Waals surface area contributed by atoms with Gasteiger partial charge in [-0.05, 0) is 37.5 Å². The number of nitrogens with zero attached hydrogens (tertiary/aromatic N) is 4. The van der Waals surface area contributed by atoms with E-state index in [1.807, 2.05) is 47.7 Å². The molecule has 1 fully saturated rings. The third-order valence-corrected chi connectivity index (χ3v) is 4.47. The van der Waals surface area contributed by atoms with Gasteiger partial charge in [0, 0.05) is 13.6 Å². The van der Waals surface area contributed by atoms with E-state index in [0.717, 1.165) is 36.5 Å². The van der Waals surface area contributed by atoms with Gasteiger partial charge in [0.05, 0.1) is 19.2 Å². The molecule has 3 rings (SSSR count). The lowest BCUT2D eigenvalue weighted by molar-refractivity contribution is 0.189. The number of rotatable bonds is 4. The Kier molecular flexibility index (Phi) is 4.69. The van der Waals surface area contributed by atoms with Crippen LogP contribution in [-0.4, -0.2) is 39.4 Å². The first-order valence-corrected chi connectivity index (χ1v) is 8.15. The Morgan fingerprint density at radius 2 is 2.29 bits per heavy atom. The summed E-state index contributed by atoms with van der Waals surface area (Å²) in [7, 11) is 3.52. The van der Waals surface area contributed by atoms with Crippen molar-refractivity contribution >= 4 is 6.03 Å². The largest absolute Gasteiger partial charge is 0.497 e. The molecule has 0 saturated carbocycles. The SMILES string of the molecule is COc1cccc([C@H]2CCCN2C(=O)N[C@H](C)c2nncn2C)c1. The molecule has 7 nitrogen and oxygen atoms in total. The van der Waals surface area contributed by atoms with E-state index >= 15 is 0 Å². The van der Waals surface area contributed by atoms with E-state index in [4.69, 9.17) is 4.74 Å². The van der Waals surface area contributed by atoms with Gasteiger partial charge in [0.1, 0.15) is 12.1 Å². The zero-order valence-electron chi connectivity index (χ0n) is 14.3. The number of benzene rings is 1. The molecule has 0 radical (unpaired) electrons. The van der Waals surface area contributed by atoms with E-state index in [-0.39, 0.29) is 18.1 Å². The van der Waals surface area contributed by atoms with Gasteiger partial charge in [0.2, 0.25) is 0 Å². The molecule has 2 aromatic rings. The number of likely N-dealkylation sites (tertiary alicyclic amines) is 1. The van der Waals surface area contributed by atoms with Crippen LogP contribution in [0.2, 0.25) is 0 Å². The molecule has 1 aliphatic heterocycles. The lowest BCUT2D eigenvalue weighted by atomic mass is 10.0. The lowest BCUT2D eigenvalue weighted by Crippen LogP contribution is -2.41. The van der Waals surface area contributed by atoms with E-state index in [1.54, 1.807) is 13.4 Å². The van der Waals surface area contributed by atoms with Gasteiger partial charge in [-0.2, -0.15) is 0 Å². The van der Waals surface area contributed by atoms with Gasteiger partial charge in [-0.15, -0.1) is 10.2 Å². The molecule has 7 heteroatoms. The first kappa shape index (κ1) is 16.3. The highest BCUT2D eigenvalue weighted by Gasteiger charge is 2.31. The highest BCUT2D eigenvalue weighted by Crippen LogP contribution is 2.33. The van der Waals surface area contributed by atoms with Crippen LogP contribution in [0.25, 0.3) is 0 Å². The summed E-state index contributed by atoms with van der Waals surface area (Å²) < 4.78 is 7.11. The summed E-state index contributed by atoms with van der Waals surface area (Å²) in [6.45, 7) is 2.66. The molecule has 2 amide bonds. The van der Waals surface area contributed by atoms with Gasteiger partial charge in [0.25, 0.3) is 0 Å². The minimum Gasteiger partial charge on any atom is -0.497 e. The van der Waals surface area contributed by atoms with Crippen molar-refractivity contribution in [3.05, 3.63) is 42.0 Å². The molecule has 1 saturated heterocycles. The number of methoxy groups -OCH3 is 1. The number of ether oxygens (including phenoxy) is 1. The Balaban J connectivity index is 1.72. The summed E-state index contributed by atoms with van der Waals surface area (Å²) in [5, 5.41) is 10.9. The Morgan fingerprint density at radius 1 is 1.46 bits per heavy atom. The number of aryl methyl sites for hydroxylation is 1. The fraction of sp³-hybridized carbons (Fsp3) is 0.471. The van der Waals surface area contributed by atoms with Crippen molar-refractivity contribution in [3.8, 4) is 5.75 Å². The molecular weight excluding hydrogens is 306 g/mol. The average Bonchev–Trinajstić information content (AvgIpc) is 3.23. The van der Waals surface area contributed by atoms with E-state index in [2.05, 4.69) is 15.5 Å². The van der Waals surface area contributed by atoms with Crippen molar-refractivity contribution in [2.75, 3.05) is 13.7 Å². The second-order valence-electron chi connectivity index (χ2n) is 6.10. The molecule has 0 bridgehead atoms. The number of nitrogens with one attached hydrogen (secondary N) is 1. The molecule has 1 aromatic heterocycles. The second-order valence-corrected chi connectivity index (χ2v) is 6.10. The van der Waals surface area contributed by atoms with E-state index in [1.165, 1.54) is 0 Å². The van der Waals surface area contributed by atoms with Crippen molar-refractivity contribution in [3.63, 3.8) is 0 Å². The molecule has 1 aromatic carbocycles. The quantitative estimate of drug-likeness (QED) is 0.935. The van der Waals surface area contributed by atoms with Crippen LogP contribution >= 0.6 is 0 Å². The Bertz CT molecular complexity index is 715. The molecule has 2 heterocycles. The molecule has 1 N–H and O–H groups in total. The summed E-state index contributed by atoms with van der Waals surface area (Å²) in [5.74, 6) is 1.55. The second kappa shape index (κ2) is 6.90. The van der Waals surface area contributed by atoms with Gasteiger partial charge in [0.15, 0.2) is 5.82 Å². The standard InChI is InChI=1S/C17H23N5O2/c1-12(16-20-18-11-21(16)2)19-17(23)22-9-5-8-15(22)13-6-4-7-14(10-13)24-3/h4,6-7,10-12,15H,5,8-9H2,1-3H3,(H,19,23)/t12-,15-/m1/s1. The predicted octanol–water partition coefficient (Wildman–Crippen LogP) is 2.43. The Morgan fingerprint density at radius 3 is 3.00 bits per heavy atom. The number of hydrogen-bond acceptors (Lipinski definition) is 4. The molecule has 0 aliphatic carbocycles. The minimum absolute atomic E-state index is 0.0733. The molecule has 2 atom stereocenters. The monoisotopic (exact) mass is 329 g/mol. The van der Waals surface area contributed by atoms with Crippen LogP contribution in [0, 0.1) is 0 Å². The van der Waals surface area contributed by atoms with Crippen molar-refractivity contribution in [2.45, 2.75) is 31.8 Å². The fourth-order valence-corrected chi connectivity index (χ4v) is 3.22. The van der Waals surface area contributed by atoms with E-state index in [9.17, 15) is 4.79 Å². The average molecular weight is 329 g/mol. The lowest BCUT2D eigenvalue weighted by Gasteiger charge is -2.27. The van der Waals surface area contributed by atoms with Crippen LogP contribution < -0.4 is 10.1 Å². The first-order chi connectivity index (χ1) is 11.6. The van der Waals surface area contributed by atoms with Crippen LogP contribution in [0.15, 0.2) is 30.6 Å². The molecule has 0 spiro atoms. The first-order valence-electron chi connectivity index (χ1n) is 8.15. The van der Waals surface area contributed by atoms with Gasteiger partial charge in [-0.1, -0.05) is 12.1 Å². The number of hydrogen-bond donors (Lipinski definition) is 1. The summed E-state index contributed by atoms with van der Waals surface area (Å²) in [4.78, 5) is 14.6. The maximum atomic E-state index is 12.7. The van der Waals surface area contributed by atoms with Crippen LogP contribution in [0.5, 0.6) is 5.75 Å². The van der Waals surface area contributed by atoms with Crippen LogP contribution in [-0.2, 0) is 7.05 Å². The van der Waals surface area contributed by atoms with Crippen LogP contribution in [0.3, 0.4) is 0 Å². The Hall–Kier alpha value is -2.57. The van der Waals surface area contributed by atoms with Crippen molar-refractivity contribution in [1.82, 2.24) is 25.0 Å². The third-order valence-electron chi connectivity index (χ3n) is 4.47. The fourth-order valence-electron chi connectivity index (χ4n) is 3.22. The van der Waals surface area contributed by atoms with Crippen LogP contribution in [0.1, 0.15) is 43.2 Å². The third kappa shape index (κ3) is 3.20. The maximum absolute atomic E-state index is 12.7. The smallest absolute Gasteiger partial charge is 0.318 e. The number of carbonyl (C=O) groups excluding carboxylic acids is 1. The highest BCUT2D eigenvalue weighted by atomic mass is 16.5. The van der Waals surface area contributed by atoms with Crippen LogP contribution in [0.4, 0.5) is 4.79 Å². The van der Waals surface area contributed by atoms with Crippen molar-refractivity contribution in [1.29, 1.82) is 0 Å². The number of urea groups is 1. The van der Waals surface area contributed by atoms with Crippen molar-refractivity contribution < 1.29 is 9.53 Å². The summed E-state index contributed by atoms with van der Waals surface area (Å²) >= 11 is 0. The van der Waals surface area contributed by atoms with Gasteiger partial charge >= 0.3 is 6.03 Å². The summed E-state index contributed by atoms with van der Waals surface area (Å²) in [6, 6.07) is 7.73. The molecule has 24 heavy (non-hydrogen) atoms. The van der Waals surface area contributed by atoms with E-state index < -0.39 is 0 Å². The molecule has 128 valence electrons. The highest BCUT2D eigenvalue weighted by molar-refractivity contribution is 5.75. The Labute approximate surface area is 141 Å². The zero-order valence-corrected chi connectivity index (χ0v) is 14.3. The van der Waals surface area contributed by atoms with E-state index in [0.29, 0.717) is 0 Å². The topological polar surface area (TPSA) is 72.3 Å². The maximum Gasteiger partial charge on any atom is 0.318 e. The minimum atomic E-state index is -0.198. The normalized spacial score (nSPS) is 18.5. The summed E-state index contributed by atoms with van der Waals surface area (Å²) in [5.41, 5.74) is 1.10. The van der Waals surface area contributed by atoms with Gasteiger partial charge < -0.3 is 19.5 Å². The predicted molar refractivity (Wildman–Crippen MR) is 89.6 cm³/mol. The number of aromatic nitrogens is 3. The number of amides is 2. The summed E-state index contributed by atoms with van der Waals surface area (Å²) in [6.07, 6.45) is 3.58. The number of carbonyl (C=O) groups is 1. The molecule has 1 aliphatic rings. The van der Waals surface area contributed by atoms with Gasteiger partial charge in [-0.3, -0.25) is 0 Å².